The van der Waals surface area contributed by atoms with E-state index >= 15 is 0 Å². The summed E-state index contributed by atoms with van der Waals surface area (Å²) in [5, 5.41) is 10.6. The van der Waals surface area contributed by atoms with E-state index in [1.54, 1.807) is 50.6 Å². The Balaban J connectivity index is 1.76. The van der Waals surface area contributed by atoms with Crippen LogP contribution in [-0.4, -0.2) is 40.7 Å². The van der Waals surface area contributed by atoms with Crippen LogP contribution in [0, 0.1) is 6.92 Å². The number of thiazole rings is 1. The first-order valence-corrected chi connectivity index (χ1v) is 11.4. The van der Waals surface area contributed by atoms with Crippen molar-refractivity contribution in [2.24, 2.45) is 4.99 Å². The highest BCUT2D eigenvalue weighted by molar-refractivity contribution is 7.17. The predicted octanol–water partition coefficient (Wildman–Crippen LogP) is 5.94. The van der Waals surface area contributed by atoms with Crippen molar-refractivity contribution in [2.45, 2.75) is 18.9 Å². The molecule has 1 atom stereocenters. The van der Waals surface area contributed by atoms with E-state index in [1.807, 2.05) is 12.1 Å². The van der Waals surface area contributed by atoms with Gasteiger partial charge in [-0.1, -0.05) is 23.2 Å². The second-order valence-corrected chi connectivity index (χ2v) is 9.30. The molecule has 3 aromatic rings. The van der Waals surface area contributed by atoms with Gasteiger partial charge in [0.2, 0.25) is 0 Å². The number of rotatable bonds is 7. The molecule has 0 bridgehead atoms. The van der Waals surface area contributed by atoms with E-state index in [1.165, 1.54) is 6.07 Å². The fraction of sp³-hybridized carbons (Fsp3) is 0.167. The summed E-state index contributed by atoms with van der Waals surface area (Å²) < 4.78 is 5.54. The molecule has 9 heteroatoms. The van der Waals surface area contributed by atoms with E-state index in [2.05, 4.69) is 9.98 Å². The molecule has 0 saturated carbocycles. The number of methoxy groups -OCH3 is 1. The Hall–Kier alpha value is -3.00. The third kappa shape index (κ3) is 4.44. The van der Waals surface area contributed by atoms with Gasteiger partial charge in [-0.15, -0.1) is 11.3 Å². The summed E-state index contributed by atoms with van der Waals surface area (Å²) in [6.07, 6.45) is 5.26. The number of nitrogens with zero attached hydrogens (tertiary/aromatic N) is 2. The van der Waals surface area contributed by atoms with Gasteiger partial charge in [-0.05, 0) is 61.0 Å². The van der Waals surface area contributed by atoms with Crippen LogP contribution in [0.5, 0.6) is 5.75 Å². The molecule has 0 fully saturated rings. The monoisotopic (exact) mass is 500 g/mol. The molecule has 1 unspecified atom stereocenters. The lowest BCUT2D eigenvalue weighted by molar-refractivity contribution is 0.0701. The number of carbonyl (C=O) groups excluding carboxylic acids is 1. The maximum Gasteiger partial charge on any atom is 0.347 e. The Kier molecular flexibility index (Phi) is 6.38. The van der Waals surface area contributed by atoms with Gasteiger partial charge in [0.05, 0.1) is 17.8 Å². The minimum Gasteiger partial charge on any atom is -0.496 e. The van der Waals surface area contributed by atoms with Gasteiger partial charge in [0.1, 0.15) is 21.2 Å². The fourth-order valence-corrected chi connectivity index (χ4v) is 5.10. The second kappa shape index (κ2) is 9.09. The van der Waals surface area contributed by atoms with Gasteiger partial charge in [-0.25, -0.2) is 9.78 Å². The van der Waals surface area contributed by atoms with E-state index in [0.717, 1.165) is 22.5 Å². The number of aromatic nitrogens is 1. The standard InChI is InChI=1S/C24H18Cl2N2O4S/c1-13-20(23(30)31)33-22(28-13)14-4-7-19(32-2)15(10-14)12-24(8-3-9-27-24)21(29)17-6-5-16(25)11-18(17)26/h3-11H,12H2,1-2H3,(H,30,31). The summed E-state index contributed by atoms with van der Waals surface area (Å²) in [6, 6.07) is 10.2. The SMILES string of the molecule is COc1ccc(-c2nc(C)c(C(=O)O)s2)cc1CC1(C(=O)c2ccc(Cl)cc2Cl)C=CC=N1. The Bertz CT molecular complexity index is 1320. The Labute approximate surface area is 204 Å². The number of carboxylic acids is 1. The maximum absolute atomic E-state index is 13.6. The van der Waals surface area contributed by atoms with E-state index in [9.17, 15) is 14.7 Å². The number of allylic oxidation sites excluding steroid dienone is 1. The van der Waals surface area contributed by atoms with E-state index in [0.29, 0.717) is 27.0 Å². The van der Waals surface area contributed by atoms with E-state index < -0.39 is 11.5 Å². The van der Waals surface area contributed by atoms with Crippen LogP contribution in [0.4, 0.5) is 0 Å². The fourth-order valence-electron chi connectivity index (χ4n) is 3.71. The number of aliphatic imine (C=N–C) groups is 1. The molecule has 4 rings (SSSR count). The molecule has 1 aliphatic rings. The molecule has 2 heterocycles. The van der Waals surface area contributed by atoms with Crippen LogP contribution < -0.4 is 4.74 Å². The molecular formula is C24H18Cl2N2O4S. The molecule has 6 nitrogen and oxygen atoms in total. The third-order valence-electron chi connectivity index (χ3n) is 5.31. The van der Waals surface area contributed by atoms with E-state index in [4.69, 9.17) is 27.9 Å². The van der Waals surface area contributed by atoms with Crippen LogP contribution in [-0.2, 0) is 6.42 Å². The molecule has 0 amide bonds. The largest absolute Gasteiger partial charge is 0.496 e. The smallest absolute Gasteiger partial charge is 0.347 e. The average Bonchev–Trinajstić information content (AvgIpc) is 3.41. The highest BCUT2D eigenvalue weighted by Gasteiger charge is 2.39. The molecule has 0 radical (unpaired) electrons. The number of halogens is 2. The molecule has 0 spiro atoms. The van der Waals surface area contributed by atoms with Gasteiger partial charge >= 0.3 is 5.97 Å². The molecule has 0 aliphatic carbocycles. The number of ether oxygens (including phenoxy) is 1. The van der Waals surface area contributed by atoms with Crippen molar-refractivity contribution < 1.29 is 19.4 Å². The molecule has 1 N–H and O–H groups in total. The number of hydrogen-bond acceptors (Lipinski definition) is 6. The summed E-state index contributed by atoms with van der Waals surface area (Å²) >= 11 is 13.4. The number of hydrogen-bond donors (Lipinski definition) is 1. The highest BCUT2D eigenvalue weighted by atomic mass is 35.5. The van der Waals surface area contributed by atoms with Crippen molar-refractivity contribution in [1.82, 2.24) is 4.98 Å². The number of carbonyl (C=O) groups is 2. The Morgan fingerprint density at radius 2 is 1.97 bits per heavy atom. The Morgan fingerprint density at radius 1 is 1.18 bits per heavy atom. The highest BCUT2D eigenvalue weighted by Crippen LogP contribution is 2.36. The number of aryl methyl sites for hydroxylation is 1. The van der Waals surface area contributed by atoms with Crippen LogP contribution in [0.1, 0.15) is 31.3 Å². The van der Waals surface area contributed by atoms with Crippen LogP contribution in [0.15, 0.2) is 53.5 Å². The van der Waals surface area contributed by atoms with Crippen molar-refractivity contribution in [3.05, 3.63) is 80.3 Å². The third-order valence-corrected chi connectivity index (χ3v) is 7.05. The zero-order chi connectivity index (χ0) is 23.8. The summed E-state index contributed by atoms with van der Waals surface area (Å²) in [5.41, 5.74) is 1.02. The average molecular weight is 501 g/mol. The Morgan fingerprint density at radius 3 is 2.58 bits per heavy atom. The lowest BCUT2D eigenvalue weighted by atomic mass is 9.84. The summed E-state index contributed by atoms with van der Waals surface area (Å²) in [5.74, 6) is -0.699. The zero-order valence-electron chi connectivity index (χ0n) is 17.6. The number of ketones is 1. The van der Waals surface area contributed by atoms with Crippen LogP contribution >= 0.6 is 34.5 Å². The van der Waals surface area contributed by atoms with Gasteiger partial charge in [0.25, 0.3) is 0 Å². The first kappa shape index (κ1) is 23.2. The van der Waals surface area contributed by atoms with Gasteiger partial charge in [0.15, 0.2) is 5.78 Å². The van der Waals surface area contributed by atoms with Crippen molar-refractivity contribution in [1.29, 1.82) is 0 Å². The molecule has 1 aliphatic heterocycles. The van der Waals surface area contributed by atoms with Crippen molar-refractivity contribution in [2.75, 3.05) is 7.11 Å². The van der Waals surface area contributed by atoms with Crippen LogP contribution in [0.2, 0.25) is 10.0 Å². The number of aromatic carboxylic acids is 1. The van der Waals surface area contributed by atoms with Crippen LogP contribution in [0.3, 0.4) is 0 Å². The van der Waals surface area contributed by atoms with Crippen molar-refractivity contribution in [3.63, 3.8) is 0 Å². The van der Waals surface area contributed by atoms with Gasteiger partial charge in [0, 0.05) is 28.8 Å². The van der Waals surface area contributed by atoms with Gasteiger partial charge in [-0.2, -0.15) is 0 Å². The first-order valence-electron chi connectivity index (χ1n) is 9.85. The van der Waals surface area contributed by atoms with Gasteiger partial charge in [-0.3, -0.25) is 9.79 Å². The molecular weight excluding hydrogens is 483 g/mol. The number of benzene rings is 2. The summed E-state index contributed by atoms with van der Waals surface area (Å²) in [6.45, 7) is 1.66. The van der Waals surface area contributed by atoms with E-state index in [-0.39, 0.29) is 22.1 Å². The van der Waals surface area contributed by atoms with Crippen molar-refractivity contribution in [3.8, 4) is 16.3 Å². The lowest BCUT2D eigenvalue weighted by Gasteiger charge is -2.25. The zero-order valence-corrected chi connectivity index (χ0v) is 20.0. The lowest BCUT2D eigenvalue weighted by Crippen LogP contribution is -2.36. The van der Waals surface area contributed by atoms with Crippen molar-refractivity contribution >= 4 is 52.5 Å². The molecule has 1 aromatic heterocycles. The normalized spacial score (nSPS) is 16.8. The second-order valence-electron chi connectivity index (χ2n) is 7.46. The van der Waals surface area contributed by atoms with Crippen LogP contribution in [0.25, 0.3) is 10.6 Å². The molecule has 33 heavy (non-hydrogen) atoms. The molecule has 2 aromatic carbocycles. The van der Waals surface area contributed by atoms with Gasteiger partial charge < -0.3 is 9.84 Å². The number of Topliss-reactive ketones (excluding diaryl/α,β-unsaturated/α-hetero) is 1. The maximum atomic E-state index is 13.6. The first-order chi connectivity index (χ1) is 15.7. The summed E-state index contributed by atoms with van der Waals surface area (Å²) in [4.78, 5) is 34.1. The topological polar surface area (TPSA) is 88.9 Å². The molecule has 0 saturated heterocycles. The predicted molar refractivity (Wildman–Crippen MR) is 131 cm³/mol. The summed E-state index contributed by atoms with van der Waals surface area (Å²) in [7, 11) is 1.55. The quantitative estimate of drug-likeness (QED) is 0.405. The minimum atomic E-state index is -1.20. The minimum absolute atomic E-state index is 0.190. The molecule has 168 valence electrons. The number of carboxylic acid groups (broad SMARTS) is 1.